The average Bonchev–Trinajstić information content (AvgIpc) is 2.60. The van der Waals surface area contributed by atoms with Crippen molar-refractivity contribution in [3.05, 3.63) is 77.7 Å². The van der Waals surface area contributed by atoms with Gasteiger partial charge in [-0.3, -0.25) is 4.72 Å². The largest absolute Gasteiger partial charge is 0.340 e. The molecule has 0 fully saturated rings. The van der Waals surface area contributed by atoms with E-state index in [9.17, 15) is 12.8 Å². The molecule has 0 saturated carbocycles. The number of sulfonamides is 1. The first-order chi connectivity index (χ1) is 11.9. The molecule has 0 unspecified atom stereocenters. The Balaban J connectivity index is 1.73. The van der Waals surface area contributed by atoms with Crippen molar-refractivity contribution in [3.63, 3.8) is 0 Å². The number of anilines is 3. The predicted molar refractivity (Wildman–Crippen MR) is 96.2 cm³/mol. The normalized spacial score (nSPS) is 11.1. The molecule has 1 aromatic heterocycles. The fourth-order valence-corrected chi connectivity index (χ4v) is 3.31. The van der Waals surface area contributed by atoms with Crippen molar-refractivity contribution in [2.45, 2.75) is 4.90 Å². The van der Waals surface area contributed by atoms with Crippen LogP contribution in [0, 0.1) is 5.82 Å². The summed E-state index contributed by atoms with van der Waals surface area (Å²) in [7, 11) is -3.66. The summed E-state index contributed by atoms with van der Waals surface area (Å²) >= 11 is 5.72. The van der Waals surface area contributed by atoms with Crippen LogP contribution in [0.2, 0.25) is 5.02 Å². The molecule has 0 bridgehead atoms. The second-order valence-electron chi connectivity index (χ2n) is 5.10. The highest BCUT2D eigenvalue weighted by Gasteiger charge is 2.13. The van der Waals surface area contributed by atoms with Gasteiger partial charge in [-0.05, 0) is 42.5 Å². The van der Waals surface area contributed by atoms with Crippen LogP contribution in [0.15, 0.2) is 71.8 Å². The number of aromatic nitrogens is 1. The maximum absolute atomic E-state index is 13.1. The van der Waals surface area contributed by atoms with Gasteiger partial charge < -0.3 is 5.32 Å². The molecule has 25 heavy (non-hydrogen) atoms. The van der Waals surface area contributed by atoms with E-state index >= 15 is 0 Å². The van der Waals surface area contributed by atoms with Crippen LogP contribution in [-0.2, 0) is 10.0 Å². The second-order valence-corrected chi connectivity index (χ2v) is 7.19. The van der Waals surface area contributed by atoms with Gasteiger partial charge in [-0.2, -0.15) is 0 Å². The highest BCUT2D eigenvalue weighted by molar-refractivity contribution is 7.92. The summed E-state index contributed by atoms with van der Waals surface area (Å²) in [6.45, 7) is 0. The summed E-state index contributed by atoms with van der Waals surface area (Å²) in [6.07, 6.45) is 1.38. The van der Waals surface area contributed by atoms with Crippen molar-refractivity contribution in [2.75, 3.05) is 10.0 Å². The van der Waals surface area contributed by atoms with E-state index in [0.717, 1.165) is 0 Å². The van der Waals surface area contributed by atoms with Crippen molar-refractivity contribution >= 4 is 38.8 Å². The number of rotatable bonds is 5. The number of hydrogen-bond donors (Lipinski definition) is 2. The van der Waals surface area contributed by atoms with E-state index in [1.54, 1.807) is 30.3 Å². The molecule has 0 saturated heterocycles. The minimum absolute atomic E-state index is 0.00255. The topological polar surface area (TPSA) is 71.1 Å². The Morgan fingerprint density at radius 2 is 1.68 bits per heavy atom. The Labute approximate surface area is 149 Å². The Hall–Kier alpha value is -2.64. The van der Waals surface area contributed by atoms with Gasteiger partial charge in [-0.25, -0.2) is 17.8 Å². The second kappa shape index (κ2) is 7.08. The lowest BCUT2D eigenvalue weighted by atomic mass is 10.3. The van der Waals surface area contributed by atoms with Gasteiger partial charge in [-0.1, -0.05) is 29.8 Å². The molecular weight excluding hydrogens is 365 g/mol. The van der Waals surface area contributed by atoms with Crippen LogP contribution in [0.25, 0.3) is 0 Å². The zero-order chi connectivity index (χ0) is 17.9. The molecule has 0 atom stereocenters. The molecule has 0 spiro atoms. The summed E-state index contributed by atoms with van der Waals surface area (Å²) < 4.78 is 40.1. The third kappa shape index (κ3) is 4.26. The van der Waals surface area contributed by atoms with Crippen LogP contribution in [-0.4, -0.2) is 13.4 Å². The summed E-state index contributed by atoms with van der Waals surface area (Å²) in [5.74, 6) is -0.0452. The summed E-state index contributed by atoms with van der Waals surface area (Å²) in [5, 5.41) is 2.95. The van der Waals surface area contributed by atoms with Crippen LogP contribution >= 0.6 is 11.6 Å². The summed E-state index contributed by atoms with van der Waals surface area (Å²) in [4.78, 5) is 4.29. The first-order valence-electron chi connectivity index (χ1n) is 7.20. The molecule has 8 heteroatoms. The monoisotopic (exact) mass is 377 g/mol. The van der Waals surface area contributed by atoms with Crippen LogP contribution in [0.3, 0.4) is 0 Å². The summed E-state index contributed by atoms with van der Waals surface area (Å²) in [6, 6.07) is 15.4. The smallest absolute Gasteiger partial charge is 0.261 e. The number of pyridine rings is 1. The zero-order valence-corrected chi connectivity index (χ0v) is 14.4. The van der Waals surface area contributed by atoms with Gasteiger partial charge in [0.05, 0.1) is 21.8 Å². The maximum Gasteiger partial charge on any atom is 0.261 e. The quantitative estimate of drug-likeness (QED) is 0.690. The lowest BCUT2D eigenvalue weighted by Gasteiger charge is -2.09. The average molecular weight is 378 g/mol. The van der Waals surface area contributed by atoms with Crippen molar-refractivity contribution in [1.29, 1.82) is 0 Å². The summed E-state index contributed by atoms with van der Waals surface area (Å²) in [5.41, 5.74) is 0.892. The van der Waals surface area contributed by atoms with E-state index in [2.05, 4.69) is 15.0 Å². The van der Waals surface area contributed by atoms with E-state index in [4.69, 9.17) is 11.6 Å². The Morgan fingerprint density at radius 3 is 2.32 bits per heavy atom. The lowest BCUT2D eigenvalue weighted by molar-refractivity contribution is 0.601. The zero-order valence-electron chi connectivity index (χ0n) is 12.8. The van der Waals surface area contributed by atoms with Crippen molar-refractivity contribution in [1.82, 2.24) is 4.98 Å². The van der Waals surface area contributed by atoms with Gasteiger partial charge in [0.25, 0.3) is 10.0 Å². The highest BCUT2D eigenvalue weighted by Crippen LogP contribution is 2.23. The van der Waals surface area contributed by atoms with E-state index < -0.39 is 15.8 Å². The van der Waals surface area contributed by atoms with Gasteiger partial charge in [0.1, 0.15) is 11.6 Å². The minimum Gasteiger partial charge on any atom is -0.340 e. The van der Waals surface area contributed by atoms with Gasteiger partial charge >= 0.3 is 0 Å². The number of halogens is 2. The van der Waals surface area contributed by atoms with Crippen molar-refractivity contribution < 1.29 is 12.8 Å². The number of nitrogens with one attached hydrogen (secondary N) is 2. The minimum atomic E-state index is -3.66. The molecule has 2 aromatic carbocycles. The molecule has 2 N–H and O–H groups in total. The highest BCUT2D eigenvalue weighted by atomic mass is 35.5. The Morgan fingerprint density at radius 1 is 0.960 bits per heavy atom. The fraction of sp³-hybridized carbons (Fsp3) is 0. The maximum atomic E-state index is 13.1. The van der Waals surface area contributed by atoms with E-state index in [0.29, 0.717) is 17.2 Å². The van der Waals surface area contributed by atoms with Gasteiger partial charge in [0.2, 0.25) is 0 Å². The SMILES string of the molecule is O=S(=O)(Nc1ccc(Nc2ccc(F)c(Cl)c2)nc1)c1ccccc1. The Bertz CT molecular complexity index is 981. The molecule has 0 aliphatic heterocycles. The van der Waals surface area contributed by atoms with Gasteiger partial charge in [0.15, 0.2) is 0 Å². The van der Waals surface area contributed by atoms with Gasteiger partial charge in [-0.15, -0.1) is 0 Å². The fourth-order valence-electron chi connectivity index (χ4n) is 2.06. The first kappa shape index (κ1) is 17.2. The predicted octanol–water partition coefficient (Wildman–Crippen LogP) is 4.42. The van der Waals surface area contributed by atoms with E-state index in [-0.39, 0.29) is 9.92 Å². The number of benzene rings is 2. The van der Waals surface area contributed by atoms with Crippen molar-refractivity contribution in [3.8, 4) is 0 Å². The molecule has 3 aromatic rings. The van der Waals surface area contributed by atoms with E-state index in [1.807, 2.05) is 0 Å². The molecule has 0 aliphatic rings. The first-order valence-corrected chi connectivity index (χ1v) is 9.06. The molecular formula is C17H13ClFN3O2S. The Kier molecular flexibility index (Phi) is 4.87. The number of nitrogens with zero attached hydrogens (tertiary/aromatic N) is 1. The molecule has 0 amide bonds. The molecule has 5 nitrogen and oxygen atoms in total. The molecule has 1 heterocycles. The van der Waals surface area contributed by atoms with Crippen LogP contribution in [0.1, 0.15) is 0 Å². The standard InChI is InChI=1S/C17H13ClFN3O2S/c18-15-10-12(6-8-16(15)19)21-17-9-7-13(11-20-17)22-25(23,24)14-4-2-1-3-5-14/h1-11,22H,(H,20,21). The van der Waals surface area contributed by atoms with Crippen LogP contribution in [0.4, 0.5) is 21.6 Å². The van der Waals surface area contributed by atoms with Crippen molar-refractivity contribution in [2.24, 2.45) is 0 Å². The molecule has 128 valence electrons. The van der Waals surface area contributed by atoms with Crippen LogP contribution in [0.5, 0.6) is 0 Å². The lowest BCUT2D eigenvalue weighted by Crippen LogP contribution is -2.13. The van der Waals surface area contributed by atoms with Crippen LogP contribution < -0.4 is 10.0 Å². The third-order valence-electron chi connectivity index (χ3n) is 3.26. The molecule has 0 radical (unpaired) electrons. The van der Waals surface area contributed by atoms with Gasteiger partial charge in [0, 0.05) is 5.69 Å². The third-order valence-corrected chi connectivity index (χ3v) is 4.95. The number of hydrogen-bond acceptors (Lipinski definition) is 4. The van der Waals surface area contributed by atoms with E-state index in [1.165, 1.54) is 36.5 Å². The molecule has 0 aliphatic carbocycles. The molecule has 3 rings (SSSR count).